The van der Waals surface area contributed by atoms with Gasteiger partial charge < -0.3 is 20.1 Å². The van der Waals surface area contributed by atoms with Crippen molar-refractivity contribution < 1.29 is 37.6 Å². The third-order valence-electron chi connectivity index (χ3n) is 13.0. The fraction of sp³-hybridized carbons (Fsp3) is 0.494. The molecular weight excluding hydrogens is 1120 g/mol. The Morgan fingerprint density at radius 3 is 0.876 bits per heavy atom. The minimum atomic E-state index is -4.43. The number of carbonyl (C=O) groups is 2. The van der Waals surface area contributed by atoms with Crippen LogP contribution in [0.5, 0.6) is 0 Å². The second kappa shape index (κ2) is 71.1. The number of phosphoric acid groups is 1. The van der Waals surface area contributed by atoms with Gasteiger partial charge in [0.25, 0.3) is 0 Å². The lowest BCUT2D eigenvalue weighted by Gasteiger charge is -2.19. The van der Waals surface area contributed by atoms with Crippen LogP contribution in [0.4, 0.5) is 0 Å². The molecule has 0 aliphatic heterocycles. The van der Waals surface area contributed by atoms with Gasteiger partial charge >= 0.3 is 19.8 Å². The molecular formula is C79H120NO8P. The number of ether oxygens (including phenoxy) is 2. The number of carbonyl (C=O) groups excluding carboxylic acids is 2. The van der Waals surface area contributed by atoms with Crippen LogP contribution in [0.15, 0.2) is 231 Å². The van der Waals surface area contributed by atoms with Gasteiger partial charge in [0.2, 0.25) is 0 Å². The largest absolute Gasteiger partial charge is 0.472 e. The molecule has 3 N–H and O–H groups in total. The summed E-state index contributed by atoms with van der Waals surface area (Å²) in [5.41, 5.74) is 5.39. The van der Waals surface area contributed by atoms with Crippen molar-refractivity contribution in [2.45, 2.75) is 225 Å². The Morgan fingerprint density at radius 1 is 0.337 bits per heavy atom. The molecule has 0 fully saturated rings. The van der Waals surface area contributed by atoms with E-state index in [1.165, 1.54) is 0 Å². The van der Waals surface area contributed by atoms with Gasteiger partial charge in [-0.05, 0) is 161 Å². The van der Waals surface area contributed by atoms with Crippen LogP contribution in [-0.4, -0.2) is 49.3 Å². The number of hydrogen-bond donors (Lipinski definition) is 2. The molecule has 0 bridgehead atoms. The zero-order valence-corrected chi connectivity index (χ0v) is 56.2. The van der Waals surface area contributed by atoms with Crippen molar-refractivity contribution in [1.82, 2.24) is 0 Å². The summed E-state index contributed by atoms with van der Waals surface area (Å²) in [5, 5.41) is 0. The van der Waals surface area contributed by atoms with Crippen molar-refractivity contribution in [3.8, 4) is 0 Å². The van der Waals surface area contributed by atoms with Gasteiger partial charge in [-0.2, -0.15) is 0 Å². The third kappa shape index (κ3) is 71.0. The molecule has 0 heterocycles. The van der Waals surface area contributed by atoms with Gasteiger partial charge in [-0.15, -0.1) is 0 Å². The summed E-state index contributed by atoms with van der Waals surface area (Å²) >= 11 is 0. The van der Waals surface area contributed by atoms with Crippen molar-refractivity contribution in [2.24, 2.45) is 5.73 Å². The van der Waals surface area contributed by atoms with E-state index in [2.05, 4.69) is 245 Å². The van der Waals surface area contributed by atoms with E-state index in [0.717, 1.165) is 180 Å². The summed E-state index contributed by atoms with van der Waals surface area (Å²) in [6, 6.07) is 0. The quantitative estimate of drug-likeness (QED) is 0.0264. The van der Waals surface area contributed by atoms with Crippen LogP contribution in [0.2, 0.25) is 0 Å². The number of phosphoric ester groups is 1. The Kier molecular flexibility index (Phi) is 66.4. The molecule has 0 saturated heterocycles. The average molecular weight is 1240 g/mol. The van der Waals surface area contributed by atoms with Crippen molar-refractivity contribution in [3.63, 3.8) is 0 Å². The summed E-state index contributed by atoms with van der Waals surface area (Å²) < 4.78 is 33.1. The summed E-state index contributed by atoms with van der Waals surface area (Å²) in [4.78, 5) is 35.3. The molecule has 0 aromatic carbocycles. The highest BCUT2D eigenvalue weighted by Gasteiger charge is 2.26. The number of hydrogen-bond acceptors (Lipinski definition) is 8. The highest BCUT2D eigenvalue weighted by atomic mass is 31.2. The van der Waals surface area contributed by atoms with E-state index >= 15 is 0 Å². The molecule has 0 radical (unpaired) electrons. The summed E-state index contributed by atoms with van der Waals surface area (Å²) in [6.45, 7) is 3.42. The Bertz CT molecular complexity index is 2310. The number of rotatable bonds is 60. The van der Waals surface area contributed by atoms with E-state index in [4.69, 9.17) is 24.3 Å². The normalized spacial score (nSPS) is 14.4. The topological polar surface area (TPSA) is 134 Å². The smallest absolute Gasteiger partial charge is 0.462 e. The predicted octanol–water partition coefficient (Wildman–Crippen LogP) is 22.6. The Labute approximate surface area is 543 Å². The van der Waals surface area contributed by atoms with Crippen LogP contribution < -0.4 is 5.73 Å². The number of esters is 2. The number of nitrogens with two attached hydrogens (primary N) is 1. The van der Waals surface area contributed by atoms with Gasteiger partial charge in [0.1, 0.15) is 6.61 Å². The van der Waals surface area contributed by atoms with Gasteiger partial charge in [0.05, 0.1) is 13.2 Å². The first-order valence-corrected chi connectivity index (χ1v) is 35.4. The molecule has 89 heavy (non-hydrogen) atoms. The van der Waals surface area contributed by atoms with E-state index in [1.807, 2.05) is 0 Å². The zero-order valence-electron chi connectivity index (χ0n) is 55.3. The van der Waals surface area contributed by atoms with E-state index in [9.17, 15) is 19.0 Å². The summed E-state index contributed by atoms with van der Waals surface area (Å²) in [5.74, 6) is -0.904. The maximum Gasteiger partial charge on any atom is 0.472 e. The Balaban J connectivity index is 4.12. The van der Waals surface area contributed by atoms with Crippen molar-refractivity contribution >= 4 is 19.8 Å². The molecule has 0 aliphatic carbocycles. The summed E-state index contributed by atoms with van der Waals surface area (Å²) in [7, 11) is -4.43. The van der Waals surface area contributed by atoms with Crippen LogP contribution in [0.3, 0.4) is 0 Å². The fourth-order valence-electron chi connectivity index (χ4n) is 8.12. The van der Waals surface area contributed by atoms with Gasteiger partial charge in [0, 0.05) is 19.4 Å². The molecule has 0 spiro atoms. The fourth-order valence-corrected chi connectivity index (χ4v) is 8.89. The van der Waals surface area contributed by atoms with Crippen LogP contribution in [0, 0.1) is 0 Å². The number of unbranched alkanes of at least 4 members (excludes halogenated alkanes) is 9. The van der Waals surface area contributed by atoms with Crippen LogP contribution in [0.1, 0.15) is 219 Å². The van der Waals surface area contributed by atoms with E-state index < -0.39 is 32.5 Å². The molecule has 0 aromatic heterocycles. The molecule has 2 unspecified atom stereocenters. The second-order valence-corrected chi connectivity index (χ2v) is 22.7. The Hall–Kier alpha value is -5.93. The second-order valence-electron chi connectivity index (χ2n) is 21.2. The van der Waals surface area contributed by atoms with E-state index in [-0.39, 0.29) is 32.6 Å². The van der Waals surface area contributed by atoms with Gasteiger partial charge in [0.15, 0.2) is 6.10 Å². The standard InChI is InChI=1S/C79H120NO8P/c1-3-5-7-9-11-13-15-17-19-21-23-25-27-29-31-33-35-36-37-38-39-40-42-44-46-48-50-52-54-56-58-60-62-64-66-68-70-72-79(82)88-77(76-87-89(83,84)86-74-73-80)75-85-78(81)71-69-67-65-63-61-59-57-55-53-51-49-47-45-43-41-34-32-30-28-26-24-22-20-18-16-14-12-10-8-6-4-2/h5-8,11-14,17-20,23-26,29-32,35-36,38-39,41-44,47-50,53-56,59,61,77H,3-4,9-10,15-16,21-22,27-28,33-34,37,40,45-46,51-52,57-58,60,62-76,80H2,1-2H3,(H,83,84)/b7-5-,8-6-,13-11-,14-12-,19-17-,20-18-,25-23-,26-24-,31-29-,32-30-,36-35-,39-38-,43-41-,44-42-,49-47-,50-48-,55-53-,56-54-,61-59-. The van der Waals surface area contributed by atoms with Crippen LogP contribution in [-0.2, 0) is 32.7 Å². The molecule has 0 rings (SSSR count). The minimum Gasteiger partial charge on any atom is -0.462 e. The lowest BCUT2D eigenvalue weighted by atomic mass is 10.1. The zero-order chi connectivity index (χ0) is 64.4. The van der Waals surface area contributed by atoms with Crippen LogP contribution in [0.25, 0.3) is 0 Å². The maximum atomic E-state index is 12.8. The third-order valence-corrected chi connectivity index (χ3v) is 14.0. The molecule has 0 amide bonds. The molecule has 9 nitrogen and oxygen atoms in total. The summed E-state index contributed by atoms with van der Waals surface area (Å²) in [6.07, 6.45) is 113. The average Bonchev–Trinajstić information content (AvgIpc) is 3.68. The highest BCUT2D eigenvalue weighted by Crippen LogP contribution is 2.43. The van der Waals surface area contributed by atoms with Crippen molar-refractivity contribution in [2.75, 3.05) is 26.4 Å². The van der Waals surface area contributed by atoms with Crippen molar-refractivity contribution in [1.29, 1.82) is 0 Å². The first-order valence-electron chi connectivity index (χ1n) is 33.9. The van der Waals surface area contributed by atoms with Gasteiger partial charge in [-0.1, -0.05) is 277 Å². The molecule has 0 saturated carbocycles. The Morgan fingerprint density at radius 2 is 0.584 bits per heavy atom. The SMILES string of the molecule is CC/C=C\C/C=C\C/C=C\C/C=C\C/C=C\C/C=C\C/C=C\C/C=C\C/C=C\C/C=C\CCCCCCCCC(=O)OC(COC(=O)CCCCC/C=C\C/C=C\C/C=C\C/C=C\C/C=C\C/C=C\C/C=C\C/C=C\C/C=C\CC)COP(=O)(O)OCCN. The predicted molar refractivity (Wildman–Crippen MR) is 384 cm³/mol. The molecule has 0 aliphatic rings. The lowest BCUT2D eigenvalue weighted by Crippen LogP contribution is -2.29. The monoisotopic (exact) mass is 1240 g/mol. The minimum absolute atomic E-state index is 0.0323. The lowest BCUT2D eigenvalue weighted by molar-refractivity contribution is -0.161. The molecule has 494 valence electrons. The first-order chi connectivity index (χ1) is 43.8. The van der Waals surface area contributed by atoms with E-state index in [1.54, 1.807) is 0 Å². The number of allylic oxidation sites excluding steroid dienone is 38. The molecule has 2 atom stereocenters. The first kappa shape index (κ1) is 83.1. The highest BCUT2D eigenvalue weighted by molar-refractivity contribution is 7.47. The maximum absolute atomic E-state index is 12.8. The molecule has 10 heteroatoms. The van der Waals surface area contributed by atoms with Crippen molar-refractivity contribution in [3.05, 3.63) is 231 Å². The van der Waals surface area contributed by atoms with Gasteiger partial charge in [-0.3, -0.25) is 18.6 Å². The molecule has 0 aromatic rings. The van der Waals surface area contributed by atoms with E-state index in [0.29, 0.717) is 12.8 Å². The van der Waals surface area contributed by atoms with Gasteiger partial charge in [-0.25, -0.2) is 4.57 Å². The van der Waals surface area contributed by atoms with Crippen LogP contribution >= 0.6 is 7.82 Å².